The van der Waals surface area contributed by atoms with Crippen LogP contribution in [0.2, 0.25) is 0 Å². The number of carboxylic acids is 1. The molecule has 1 aliphatic rings. The molecule has 2 aromatic rings. The molecule has 3 rings (SSSR count). The highest BCUT2D eigenvalue weighted by Gasteiger charge is 2.19. The highest BCUT2D eigenvalue weighted by molar-refractivity contribution is 5.86. The summed E-state index contributed by atoms with van der Waals surface area (Å²) in [5.41, 5.74) is 7.39. The van der Waals surface area contributed by atoms with Crippen LogP contribution < -0.4 is 5.73 Å². The van der Waals surface area contributed by atoms with E-state index >= 15 is 0 Å². The molecule has 0 spiro atoms. The molecule has 2 heterocycles. The van der Waals surface area contributed by atoms with Crippen LogP contribution in [-0.2, 0) is 0 Å². The maximum absolute atomic E-state index is 10.9. The van der Waals surface area contributed by atoms with Gasteiger partial charge in [-0.1, -0.05) is 19.3 Å². The van der Waals surface area contributed by atoms with Crippen LogP contribution in [0.3, 0.4) is 0 Å². The van der Waals surface area contributed by atoms with E-state index in [2.05, 4.69) is 10.1 Å². The standard InChI is InChI=1S/C13H16N4O2/c14-11-6-9(8-4-2-1-3-5-8)15-12-7-10(13(18)19)16-17(11)12/h6-8H,1-5,14H2,(H,18,19). The summed E-state index contributed by atoms with van der Waals surface area (Å²) in [6.45, 7) is 0. The van der Waals surface area contributed by atoms with Gasteiger partial charge in [-0.3, -0.25) is 0 Å². The first kappa shape index (κ1) is 12.0. The molecule has 0 atom stereocenters. The van der Waals surface area contributed by atoms with Crippen molar-refractivity contribution in [3.8, 4) is 0 Å². The van der Waals surface area contributed by atoms with Crippen molar-refractivity contribution in [3.05, 3.63) is 23.5 Å². The molecule has 2 aromatic heterocycles. The number of nitrogen functional groups attached to an aromatic ring is 1. The van der Waals surface area contributed by atoms with Crippen molar-refractivity contribution in [1.29, 1.82) is 0 Å². The number of nitrogens with two attached hydrogens (primary N) is 1. The Bertz CT molecular complexity index is 629. The Labute approximate surface area is 110 Å². The SMILES string of the molecule is Nc1cc(C2CCCCC2)nc2cc(C(=O)O)nn12. The zero-order chi connectivity index (χ0) is 13.4. The summed E-state index contributed by atoms with van der Waals surface area (Å²) in [4.78, 5) is 15.4. The van der Waals surface area contributed by atoms with Gasteiger partial charge < -0.3 is 10.8 Å². The summed E-state index contributed by atoms with van der Waals surface area (Å²) in [5, 5.41) is 12.9. The van der Waals surface area contributed by atoms with Crippen molar-refractivity contribution in [2.75, 3.05) is 5.73 Å². The Hall–Kier alpha value is -2.11. The fourth-order valence-electron chi connectivity index (χ4n) is 2.73. The van der Waals surface area contributed by atoms with Gasteiger partial charge >= 0.3 is 5.97 Å². The number of carbonyl (C=O) groups is 1. The van der Waals surface area contributed by atoms with Crippen LogP contribution >= 0.6 is 0 Å². The van der Waals surface area contributed by atoms with E-state index in [9.17, 15) is 4.79 Å². The number of carboxylic acid groups (broad SMARTS) is 1. The van der Waals surface area contributed by atoms with Crippen molar-refractivity contribution in [3.63, 3.8) is 0 Å². The van der Waals surface area contributed by atoms with Crippen LogP contribution in [0, 0.1) is 0 Å². The van der Waals surface area contributed by atoms with Gasteiger partial charge in [-0.05, 0) is 12.8 Å². The van der Waals surface area contributed by atoms with E-state index in [1.165, 1.54) is 29.8 Å². The summed E-state index contributed by atoms with van der Waals surface area (Å²) in [7, 11) is 0. The highest BCUT2D eigenvalue weighted by Crippen LogP contribution is 2.32. The van der Waals surface area contributed by atoms with Gasteiger partial charge in [0.05, 0.1) is 0 Å². The van der Waals surface area contributed by atoms with E-state index in [0.717, 1.165) is 18.5 Å². The largest absolute Gasteiger partial charge is 0.476 e. The Balaban J connectivity index is 2.05. The molecule has 6 nitrogen and oxygen atoms in total. The van der Waals surface area contributed by atoms with Crippen molar-refractivity contribution in [2.45, 2.75) is 38.0 Å². The van der Waals surface area contributed by atoms with Gasteiger partial charge in [0, 0.05) is 23.7 Å². The summed E-state index contributed by atoms with van der Waals surface area (Å²) in [6.07, 6.45) is 5.98. The quantitative estimate of drug-likeness (QED) is 0.862. The van der Waals surface area contributed by atoms with E-state index in [4.69, 9.17) is 10.8 Å². The van der Waals surface area contributed by atoms with Crippen LogP contribution in [0.15, 0.2) is 12.1 Å². The normalized spacial score (nSPS) is 16.8. The first-order valence-electron chi connectivity index (χ1n) is 6.54. The lowest BCUT2D eigenvalue weighted by Gasteiger charge is -2.21. The molecule has 0 unspecified atom stereocenters. The predicted octanol–water partition coefficient (Wildman–Crippen LogP) is 2.06. The van der Waals surface area contributed by atoms with Gasteiger partial charge in [0.15, 0.2) is 11.3 Å². The molecule has 0 radical (unpaired) electrons. The first-order valence-corrected chi connectivity index (χ1v) is 6.54. The number of hydrogen-bond donors (Lipinski definition) is 2. The van der Waals surface area contributed by atoms with Crippen molar-refractivity contribution in [1.82, 2.24) is 14.6 Å². The van der Waals surface area contributed by atoms with Gasteiger partial charge in [0.25, 0.3) is 0 Å². The van der Waals surface area contributed by atoms with Gasteiger partial charge in [0.1, 0.15) is 5.82 Å². The fourth-order valence-corrected chi connectivity index (χ4v) is 2.73. The molecule has 0 saturated heterocycles. The number of aromatic carboxylic acids is 1. The lowest BCUT2D eigenvalue weighted by atomic mass is 9.87. The summed E-state index contributed by atoms with van der Waals surface area (Å²) in [5.74, 6) is -0.189. The molecule has 0 amide bonds. The zero-order valence-corrected chi connectivity index (χ0v) is 10.5. The van der Waals surface area contributed by atoms with Crippen LogP contribution in [0.5, 0.6) is 0 Å². The average Bonchev–Trinajstić information content (AvgIpc) is 2.84. The van der Waals surface area contributed by atoms with E-state index in [0.29, 0.717) is 17.4 Å². The Morgan fingerprint density at radius 1 is 1.32 bits per heavy atom. The second-order valence-corrected chi connectivity index (χ2v) is 5.05. The van der Waals surface area contributed by atoms with Crippen LogP contribution in [-0.4, -0.2) is 25.7 Å². The molecule has 19 heavy (non-hydrogen) atoms. The lowest BCUT2D eigenvalue weighted by molar-refractivity contribution is 0.0690. The van der Waals surface area contributed by atoms with E-state index in [1.54, 1.807) is 0 Å². The Morgan fingerprint density at radius 3 is 2.74 bits per heavy atom. The molecule has 3 N–H and O–H groups in total. The maximum atomic E-state index is 10.9. The van der Waals surface area contributed by atoms with Gasteiger partial charge in [-0.25, -0.2) is 9.78 Å². The molecule has 1 fully saturated rings. The van der Waals surface area contributed by atoms with Crippen LogP contribution in [0.25, 0.3) is 5.65 Å². The number of aromatic nitrogens is 3. The first-order chi connectivity index (χ1) is 9.15. The van der Waals surface area contributed by atoms with E-state index in [1.807, 2.05) is 6.07 Å². The van der Waals surface area contributed by atoms with Crippen LogP contribution in [0.1, 0.15) is 54.2 Å². The summed E-state index contributed by atoms with van der Waals surface area (Å²) < 4.78 is 1.38. The summed E-state index contributed by atoms with van der Waals surface area (Å²) >= 11 is 0. The lowest BCUT2D eigenvalue weighted by Crippen LogP contribution is -2.10. The van der Waals surface area contributed by atoms with E-state index in [-0.39, 0.29) is 5.69 Å². The number of nitrogens with zero attached hydrogens (tertiary/aromatic N) is 3. The van der Waals surface area contributed by atoms with Crippen molar-refractivity contribution >= 4 is 17.4 Å². The monoisotopic (exact) mass is 260 g/mol. The number of rotatable bonds is 2. The second kappa shape index (κ2) is 4.53. The molecule has 1 saturated carbocycles. The molecule has 6 heteroatoms. The topological polar surface area (TPSA) is 93.5 Å². The number of hydrogen-bond acceptors (Lipinski definition) is 4. The minimum Gasteiger partial charge on any atom is -0.476 e. The molecule has 1 aliphatic carbocycles. The van der Waals surface area contributed by atoms with E-state index < -0.39 is 5.97 Å². The molecule has 0 bridgehead atoms. The zero-order valence-electron chi connectivity index (χ0n) is 10.5. The van der Waals surface area contributed by atoms with Gasteiger partial charge in [0.2, 0.25) is 0 Å². The Kier molecular flexibility index (Phi) is 2.85. The third-order valence-corrected chi connectivity index (χ3v) is 3.72. The molecular weight excluding hydrogens is 244 g/mol. The van der Waals surface area contributed by atoms with Crippen molar-refractivity contribution < 1.29 is 9.90 Å². The van der Waals surface area contributed by atoms with Crippen LogP contribution in [0.4, 0.5) is 5.82 Å². The minimum absolute atomic E-state index is 0.0278. The third-order valence-electron chi connectivity index (χ3n) is 3.72. The van der Waals surface area contributed by atoms with Gasteiger partial charge in [-0.15, -0.1) is 0 Å². The average molecular weight is 260 g/mol. The predicted molar refractivity (Wildman–Crippen MR) is 70.2 cm³/mol. The molecular formula is C13H16N4O2. The number of anilines is 1. The number of fused-ring (bicyclic) bond motifs is 1. The summed E-state index contributed by atoms with van der Waals surface area (Å²) in [6, 6.07) is 3.28. The maximum Gasteiger partial charge on any atom is 0.356 e. The molecule has 0 aliphatic heterocycles. The minimum atomic E-state index is -1.07. The second-order valence-electron chi connectivity index (χ2n) is 5.05. The smallest absolute Gasteiger partial charge is 0.356 e. The third kappa shape index (κ3) is 2.14. The molecule has 100 valence electrons. The highest BCUT2D eigenvalue weighted by atomic mass is 16.4. The molecule has 0 aromatic carbocycles. The van der Waals surface area contributed by atoms with Gasteiger partial charge in [-0.2, -0.15) is 9.61 Å². The van der Waals surface area contributed by atoms with Crippen molar-refractivity contribution in [2.24, 2.45) is 0 Å². The fraction of sp³-hybridized carbons (Fsp3) is 0.462. The Morgan fingerprint density at radius 2 is 2.05 bits per heavy atom.